The number of nitrogens with one attached hydrogen (secondary N) is 1. The van der Waals surface area contributed by atoms with Crippen LogP contribution < -0.4 is 10.1 Å². The summed E-state index contributed by atoms with van der Waals surface area (Å²) < 4.78 is 9.91. The molecule has 2 aromatic rings. The number of hydrogen-bond donors (Lipinski definition) is 1. The fourth-order valence-corrected chi connectivity index (χ4v) is 2.80. The lowest BCUT2D eigenvalue weighted by molar-refractivity contribution is -0.141. The Labute approximate surface area is 128 Å². The minimum atomic E-state index is -0.212. The predicted molar refractivity (Wildman–Crippen MR) is 83.5 cm³/mol. The van der Waals surface area contributed by atoms with E-state index in [1.807, 2.05) is 41.8 Å². The van der Waals surface area contributed by atoms with Gasteiger partial charge in [-0.2, -0.15) is 0 Å². The summed E-state index contributed by atoms with van der Waals surface area (Å²) >= 11 is 1.63. The maximum absolute atomic E-state index is 11.5. The second kappa shape index (κ2) is 7.81. The van der Waals surface area contributed by atoms with Gasteiger partial charge in [-0.1, -0.05) is 18.2 Å². The number of ether oxygens (including phenoxy) is 2. The van der Waals surface area contributed by atoms with E-state index in [9.17, 15) is 4.79 Å². The van der Waals surface area contributed by atoms with Gasteiger partial charge in [-0.15, -0.1) is 11.3 Å². The standard InChI is InChI=1S/C16H19NO3S/c1-19-13-7-5-12(6-8-13)11-17-14(10-16(18)20-2)15-4-3-9-21-15/h3-9,14,17H,10-11H2,1-2H3. The van der Waals surface area contributed by atoms with Crippen molar-refractivity contribution < 1.29 is 14.3 Å². The molecule has 0 radical (unpaired) electrons. The fraction of sp³-hybridized carbons (Fsp3) is 0.312. The SMILES string of the molecule is COC(=O)CC(NCc1ccc(OC)cc1)c1cccs1. The molecule has 4 nitrogen and oxygen atoms in total. The molecule has 0 bridgehead atoms. The number of methoxy groups -OCH3 is 2. The fourth-order valence-electron chi connectivity index (χ4n) is 2.00. The second-order valence-electron chi connectivity index (χ2n) is 4.58. The average Bonchev–Trinajstić information content (AvgIpc) is 3.06. The maximum Gasteiger partial charge on any atom is 0.307 e. The maximum atomic E-state index is 11.5. The van der Waals surface area contributed by atoms with E-state index >= 15 is 0 Å². The average molecular weight is 305 g/mol. The van der Waals surface area contributed by atoms with Gasteiger partial charge in [0.1, 0.15) is 5.75 Å². The number of carbonyl (C=O) groups excluding carboxylic acids is 1. The first-order chi connectivity index (χ1) is 10.2. The van der Waals surface area contributed by atoms with Crippen LogP contribution in [0.25, 0.3) is 0 Å². The van der Waals surface area contributed by atoms with E-state index < -0.39 is 0 Å². The van der Waals surface area contributed by atoms with E-state index in [-0.39, 0.29) is 12.0 Å². The highest BCUT2D eigenvalue weighted by Crippen LogP contribution is 2.23. The van der Waals surface area contributed by atoms with E-state index in [0.29, 0.717) is 13.0 Å². The normalized spacial score (nSPS) is 11.9. The van der Waals surface area contributed by atoms with Crippen LogP contribution >= 0.6 is 11.3 Å². The molecule has 1 N–H and O–H groups in total. The van der Waals surface area contributed by atoms with E-state index in [4.69, 9.17) is 9.47 Å². The predicted octanol–water partition coefficient (Wildman–Crippen LogP) is 3.15. The quantitative estimate of drug-likeness (QED) is 0.798. The molecular weight excluding hydrogens is 286 g/mol. The summed E-state index contributed by atoms with van der Waals surface area (Å²) in [6, 6.07) is 11.9. The Kier molecular flexibility index (Phi) is 5.78. The van der Waals surface area contributed by atoms with Gasteiger partial charge in [0, 0.05) is 11.4 Å². The van der Waals surface area contributed by atoms with Crippen LogP contribution in [0.3, 0.4) is 0 Å². The summed E-state index contributed by atoms with van der Waals surface area (Å²) in [7, 11) is 3.06. The van der Waals surface area contributed by atoms with Crippen molar-refractivity contribution in [3.63, 3.8) is 0 Å². The summed E-state index contributed by atoms with van der Waals surface area (Å²) in [6.07, 6.45) is 0.327. The van der Waals surface area contributed by atoms with Gasteiger partial charge in [0.05, 0.1) is 26.7 Å². The largest absolute Gasteiger partial charge is 0.497 e. The molecular formula is C16H19NO3S. The van der Waals surface area contributed by atoms with E-state index in [1.54, 1.807) is 18.4 Å². The molecule has 5 heteroatoms. The molecule has 0 saturated carbocycles. The molecule has 1 heterocycles. The van der Waals surface area contributed by atoms with Crippen molar-refractivity contribution in [2.75, 3.05) is 14.2 Å². The van der Waals surface area contributed by atoms with Crippen molar-refractivity contribution in [1.82, 2.24) is 5.32 Å². The zero-order valence-electron chi connectivity index (χ0n) is 12.2. The molecule has 0 aliphatic carbocycles. The highest BCUT2D eigenvalue weighted by atomic mass is 32.1. The molecule has 1 aromatic heterocycles. The lowest BCUT2D eigenvalue weighted by Gasteiger charge is -2.16. The third kappa shape index (κ3) is 4.58. The zero-order valence-corrected chi connectivity index (χ0v) is 13.0. The summed E-state index contributed by atoms with van der Waals surface area (Å²) in [5, 5.41) is 5.42. The van der Waals surface area contributed by atoms with Crippen LogP contribution in [-0.2, 0) is 16.1 Å². The topological polar surface area (TPSA) is 47.6 Å². The van der Waals surface area contributed by atoms with Crippen molar-refractivity contribution in [2.24, 2.45) is 0 Å². The smallest absolute Gasteiger partial charge is 0.307 e. The van der Waals surface area contributed by atoms with Crippen LogP contribution in [0.5, 0.6) is 5.75 Å². The van der Waals surface area contributed by atoms with E-state index in [1.165, 1.54) is 7.11 Å². The van der Waals surface area contributed by atoms with Gasteiger partial charge in [0.2, 0.25) is 0 Å². The first-order valence-corrected chi connectivity index (χ1v) is 7.57. The van der Waals surface area contributed by atoms with Crippen LogP contribution in [0.1, 0.15) is 22.9 Å². The van der Waals surface area contributed by atoms with Gasteiger partial charge in [0.15, 0.2) is 0 Å². The molecule has 0 saturated heterocycles. The molecule has 0 spiro atoms. The van der Waals surface area contributed by atoms with E-state index in [0.717, 1.165) is 16.2 Å². The Morgan fingerprint density at radius 2 is 2.00 bits per heavy atom. The minimum Gasteiger partial charge on any atom is -0.497 e. The van der Waals surface area contributed by atoms with Crippen LogP contribution in [0.2, 0.25) is 0 Å². The number of carbonyl (C=O) groups is 1. The molecule has 0 aliphatic rings. The summed E-state index contributed by atoms with van der Waals surface area (Å²) in [5.74, 6) is 0.624. The van der Waals surface area contributed by atoms with Crippen molar-refractivity contribution >= 4 is 17.3 Å². The Morgan fingerprint density at radius 3 is 2.57 bits per heavy atom. The van der Waals surface area contributed by atoms with Gasteiger partial charge < -0.3 is 14.8 Å². The molecule has 1 atom stereocenters. The lowest BCUT2D eigenvalue weighted by atomic mass is 10.1. The first-order valence-electron chi connectivity index (χ1n) is 6.69. The Hall–Kier alpha value is -1.85. The van der Waals surface area contributed by atoms with Crippen molar-refractivity contribution in [2.45, 2.75) is 19.0 Å². The summed E-state index contributed by atoms with van der Waals surface area (Å²) in [6.45, 7) is 0.684. The molecule has 0 fully saturated rings. The number of esters is 1. The third-order valence-electron chi connectivity index (χ3n) is 3.20. The van der Waals surface area contributed by atoms with Gasteiger partial charge in [-0.05, 0) is 29.1 Å². The molecule has 0 aliphatic heterocycles. The zero-order chi connectivity index (χ0) is 15.1. The summed E-state index contributed by atoms with van der Waals surface area (Å²) in [4.78, 5) is 12.7. The third-order valence-corrected chi connectivity index (χ3v) is 4.18. The molecule has 21 heavy (non-hydrogen) atoms. The van der Waals surface area contributed by atoms with Gasteiger partial charge >= 0.3 is 5.97 Å². The highest BCUT2D eigenvalue weighted by molar-refractivity contribution is 7.10. The van der Waals surface area contributed by atoms with Crippen molar-refractivity contribution in [3.05, 3.63) is 52.2 Å². The lowest BCUT2D eigenvalue weighted by Crippen LogP contribution is -2.23. The van der Waals surface area contributed by atoms with Crippen molar-refractivity contribution in [3.8, 4) is 5.75 Å². The van der Waals surface area contributed by atoms with Crippen LogP contribution in [0.15, 0.2) is 41.8 Å². The minimum absolute atomic E-state index is 0.0282. The van der Waals surface area contributed by atoms with Crippen LogP contribution in [0.4, 0.5) is 0 Å². The molecule has 112 valence electrons. The summed E-state index contributed by atoms with van der Waals surface area (Å²) in [5.41, 5.74) is 1.14. The van der Waals surface area contributed by atoms with Gasteiger partial charge in [-0.3, -0.25) is 4.79 Å². The van der Waals surface area contributed by atoms with E-state index in [2.05, 4.69) is 5.32 Å². The Morgan fingerprint density at radius 1 is 1.24 bits per heavy atom. The number of thiophene rings is 1. The molecule has 2 rings (SSSR count). The van der Waals surface area contributed by atoms with Gasteiger partial charge in [0.25, 0.3) is 0 Å². The number of rotatable bonds is 7. The van der Waals surface area contributed by atoms with Crippen molar-refractivity contribution in [1.29, 1.82) is 0 Å². The van der Waals surface area contributed by atoms with Gasteiger partial charge in [-0.25, -0.2) is 0 Å². The Balaban J connectivity index is 1.99. The first kappa shape index (κ1) is 15.5. The molecule has 0 amide bonds. The number of hydrogen-bond acceptors (Lipinski definition) is 5. The van der Waals surface area contributed by atoms with Crippen LogP contribution in [-0.4, -0.2) is 20.2 Å². The second-order valence-corrected chi connectivity index (χ2v) is 5.56. The van der Waals surface area contributed by atoms with Crippen LogP contribution in [0, 0.1) is 0 Å². The highest BCUT2D eigenvalue weighted by Gasteiger charge is 2.16. The monoisotopic (exact) mass is 305 g/mol. The molecule has 1 unspecified atom stereocenters. The Bertz CT molecular complexity index is 551. The molecule has 1 aromatic carbocycles. The number of benzene rings is 1.